The molecule has 3 fully saturated rings. The number of amides is 2. The van der Waals surface area contributed by atoms with Crippen LogP contribution in [0.1, 0.15) is 29.5 Å². The molecule has 228 valence electrons. The Labute approximate surface area is 261 Å². The summed E-state index contributed by atoms with van der Waals surface area (Å²) in [5.41, 5.74) is 2.18. The predicted molar refractivity (Wildman–Crippen MR) is 168 cm³/mol. The number of aliphatic hydroxyl groups is 1. The maximum atomic E-state index is 15.0. The molecule has 3 aliphatic rings. The molecule has 2 aromatic rings. The number of hydrogen-bond donors (Lipinski definition) is 1. The summed E-state index contributed by atoms with van der Waals surface area (Å²) in [5, 5.41) is 10.7. The number of para-hydroxylation sites is 1. The number of alkyl halides is 1. The molecule has 2 bridgehead atoms. The fourth-order valence-electron chi connectivity index (χ4n) is 7.29. The smallest absolute Gasteiger partial charge is 0.312 e. The fourth-order valence-corrected chi connectivity index (χ4v) is 8.23. The van der Waals surface area contributed by atoms with Crippen LogP contribution in [0, 0.1) is 25.7 Å². The van der Waals surface area contributed by atoms with E-state index in [1.165, 1.54) is 4.90 Å². The van der Waals surface area contributed by atoms with Crippen molar-refractivity contribution in [1.82, 2.24) is 4.90 Å². The van der Waals surface area contributed by atoms with E-state index in [4.69, 9.17) is 9.47 Å². The van der Waals surface area contributed by atoms with E-state index in [1.54, 1.807) is 17.1 Å². The second-order valence-electron chi connectivity index (χ2n) is 11.7. The lowest BCUT2D eigenvalue weighted by Crippen LogP contribution is -2.59. The Morgan fingerprint density at radius 2 is 1.86 bits per heavy atom. The van der Waals surface area contributed by atoms with E-state index in [2.05, 4.69) is 29.1 Å². The van der Waals surface area contributed by atoms with Crippen LogP contribution in [-0.2, 0) is 30.3 Å². The number of anilines is 1. The fraction of sp³-hybridized carbons (Fsp3) is 0.441. The quantitative estimate of drug-likeness (QED) is 0.159. The minimum Gasteiger partial charge on any atom is -0.465 e. The van der Waals surface area contributed by atoms with Crippen LogP contribution in [0.5, 0.6) is 0 Å². The minimum absolute atomic E-state index is 0.144. The van der Waals surface area contributed by atoms with Gasteiger partial charge in [0, 0.05) is 17.1 Å². The zero-order valence-electron chi connectivity index (χ0n) is 24.7. The molecule has 3 unspecified atom stereocenters. The van der Waals surface area contributed by atoms with E-state index in [0.29, 0.717) is 19.3 Å². The van der Waals surface area contributed by atoms with E-state index in [9.17, 15) is 19.5 Å². The summed E-state index contributed by atoms with van der Waals surface area (Å²) in [6, 6.07) is 13.6. The van der Waals surface area contributed by atoms with E-state index in [-0.39, 0.29) is 36.4 Å². The van der Waals surface area contributed by atoms with Crippen LogP contribution in [0.2, 0.25) is 0 Å². The topological polar surface area (TPSA) is 96.4 Å². The molecule has 5 rings (SSSR count). The Hall–Kier alpha value is -3.27. The van der Waals surface area contributed by atoms with Crippen molar-refractivity contribution in [3.8, 4) is 0 Å². The zero-order chi connectivity index (χ0) is 30.9. The number of carbonyl (C=O) groups excluding carboxylic acids is 3. The number of aliphatic hydroxyl groups excluding tert-OH is 1. The van der Waals surface area contributed by atoms with Gasteiger partial charge in [-0.3, -0.25) is 14.4 Å². The maximum Gasteiger partial charge on any atom is 0.312 e. The van der Waals surface area contributed by atoms with Gasteiger partial charge in [0.05, 0.1) is 37.2 Å². The van der Waals surface area contributed by atoms with Crippen LogP contribution in [0.15, 0.2) is 73.8 Å². The highest BCUT2D eigenvalue weighted by atomic mass is 79.9. The molecule has 0 aromatic heterocycles. The SMILES string of the molecule is C=CCCOC(=O)[C@H]1[C@@H]2OC3(CC2Br)C(C(=O)N(CC=C)c2c(C)cccc2C)N([C@@H](CO)Cc2ccccc2)C(=O)[C@H]13. The Kier molecular flexibility index (Phi) is 9.25. The van der Waals surface area contributed by atoms with Crippen LogP contribution >= 0.6 is 15.9 Å². The van der Waals surface area contributed by atoms with Crippen molar-refractivity contribution in [1.29, 1.82) is 0 Å². The van der Waals surface area contributed by atoms with Gasteiger partial charge in [-0.15, -0.1) is 13.2 Å². The minimum atomic E-state index is -1.28. The average molecular weight is 652 g/mol. The predicted octanol–water partition coefficient (Wildman–Crippen LogP) is 4.29. The monoisotopic (exact) mass is 650 g/mol. The third-order valence-electron chi connectivity index (χ3n) is 9.00. The van der Waals surface area contributed by atoms with Crippen molar-refractivity contribution < 1.29 is 29.0 Å². The third-order valence-corrected chi connectivity index (χ3v) is 9.85. The van der Waals surface area contributed by atoms with Crippen molar-refractivity contribution in [2.75, 3.05) is 24.7 Å². The van der Waals surface area contributed by atoms with E-state index in [0.717, 1.165) is 22.4 Å². The highest BCUT2D eigenvalue weighted by Gasteiger charge is 2.77. The molecule has 8 nitrogen and oxygen atoms in total. The standard InChI is InChI=1S/C34H39BrN2O6/c1-5-7-17-42-33(41)26-27-31(39)37(24(20-38)18-23-14-9-8-10-15-23)30(34(27)19-25(35)29(26)43-34)32(40)36(16-6-2)28-21(3)12-11-13-22(28)4/h5-6,8-15,24-27,29-30,38H,1-2,7,16-20H2,3-4H3/t24-,25?,26-,27+,29-,30?,34?/m1/s1. The molecular formula is C34H39BrN2O6. The number of fused-ring (bicyclic) bond motifs is 1. The molecule has 0 radical (unpaired) electrons. The Bertz CT molecular complexity index is 1380. The number of rotatable bonds is 12. The molecule has 0 saturated carbocycles. The van der Waals surface area contributed by atoms with Crippen molar-refractivity contribution >= 4 is 39.4 Å². The largest absolute Gasteiger partial charge is 0.465 e. The summed E-state index contributed by atoms with van der Waals surface area (Å²) in [5.74, 6) is -3.04. The first-order valence-electron chi connectivity index (χ1n) is 14.7. The number of benzene rings is 2. The Balaban J connectivity index is 1.63. The third kappa shape index (κ3) is 5.36. The summed E-state index contributed by atoms with van der Waals surface area (Å²) in [7, 11) is 0. The summed E-state index contributed by atoms with van der Waals surface area (Å²) in [6.07, 6.45) is 3.86. The first-order valence-corrected chi connectivity index (χ1v) is 15.7. The number of ether oxygens (including phenoxy) is 2. The molecule has 3 aliphatic heterocycles. The van der Waals surface area contributed by atoms with Crippen LogP contribution in [0.25, 0.3) is 0 Å². The van der Waals surface area contributed by atoms with Gasteiger partial charge < -0.3 is 24.4 Å². The molecule has 3 saturated heterocycles. The van der Waals surface area contributed by atoms with Gasteiger partial charge >= 0.3 is 5.97 Å². The number of carbonyl (C=O) groups is 3. The zero-order valence-corrected chi connectivity index (χ0v) is 26.2. The van der Waals surface area contributed by atoms with E-state index in [1.807, 2.05) is 62.4 Å². The summed E-state index contributed by atoms with van der Waals surface area (Å²) >= 11 is 3.71. The lowest BCUT2D eigenvalue weighted by molar-refractivity contribution is -0.155. The lowest BCUT2D eigenvalue weighted by atomic mass is 9.70. The number of aryl methyl sites for hydroxylation is 2. The van der Waals surface area contributed by atoms with Crippen LogP contribution < -0.4 is 4.90 Å². The number of esters is 1. The van der Waals surface area contributed by atoms with Crippen LogP contribution in [0.4, 0.5) is 5.69 Å². The Morgan fingerprint density at radius 1 is 1.16 bits per heavy atom. The van der Waals surface area contributed by atoms with Gasteiger partial charge in [-0.2, -0.15) is 0 Å². The molecular weight excluding hydrogens is 612 g/mol. The number of halogens is 1. The normalized spacial score (nSPS) is 28.0. The van der Waals surface area contributed by atoms with Gasteiger partial charge in [0.2, 0.25) is 5.91 Å². The number of likely N-dealkylation sites (tertiary alicyclic amines) is 1. The first kappa shape index (κ1) is 31.2. The van der Waals surface area contributed by atoms with Crippen molar-refractivity contribution in [3.63, 3.8) is 0 Å². The van der Waals surface area contributed by atoms with Gasteiger partial charge in [-0.05, 0) is 49.8 Å². The summed E-state index contributed by atoms with van der Waals surface area (Å²) in [6.45, 7) is 11.5. The molecule has 43 heavy (non-hydrogen) atoms. The van der Waals surface area contributed by atoms with Gasteiger partial charge in [-0.1, -0.05) is 76.6 Å². The molecule has 3 heterocycles. The van der Waals surface area contributed by atoms with Crippen molar-refractivity contribution in [2.24, 2.45) is 11.8 Å². The van der Waals surface area contributed by atoms with Crippen LogP contribution in [0.3, 0.4) is 0 Å². The molecule has 1 N–H and O–H groups in total. The Morgan fingerprint density at radius 3 is 2.49 bits per heavy atom. The lowest BCUT2D eigenvalue weighted by Gasteiger charge is -2.40. The molecule has 7 atom stereocenters. The van der Waals surface area contributed by atoms with Gasteiger partial charge in [-0.25, -0.2) is 0 Å². The summed E-state index contributed by atoms with van der Waals surface area (Å²) < 4.78 is 12.2. The van der Waals surface area contributed by atoms with Gasteiger partial charge in [0.25, 0.3) is 5.91 Å². The molecule has 9 heteroatoms. The number of nitrogens with zero attached hydrogens (tertiary/aromatic N) is 2. The molecule has 0 aliphatic carbocycles. The average Bonchev–Trinajstić information content (AvgIpc) is 3.59. The van der Waals surface area contributed by atoms with E-state index < -0.39 is 41.6 Å². The molecule has 2 aromatic carbocycles. The molecule has 2 amide bonds. The van der Waals surface area contributed by atoms with E-state index >= 15 is 0 Å². The summed E-state index contributed by atoms with van der Waals surface area (Å²) in [4.78, 5) is 46.0. The number of hydrogen-bond acceptors (Lipinski definition) is 6. The van der Waals surface area contributed by atoms with Gasteiger partial charge in [0.15, 0.2) is 0 Å². The second kappa shape index (κ2) is 12.8. The van der Waals surface area contributed by atoms with Gasteiger partial charge in [0.1, 0.15) is 11.6 Å². The van der Waals surface area contributed by atoms with Crippen molar-refractivity contribution in [2.45, 2.75) is 61.7 Å². The highest BCUT2D eigenvalue weighted by Crippen LogP contribution is 2.61. The highest BCUT2D eigenvalue weighted by molar-refractivity contribution is 9.09. The van der Waals surface area contributed by atoms with Crippen LogP contribution in [-0.4, -0.2) is 76.2 Å². The second-order valence-corrected chi connectivity index (χ2v) is 12.8. The first-order chi connectivity index (χ1) is 20.7. The maximum absolute atomic E-state index is 15.0. The van der Waals surface area contributed by atoms with Crippen molar-refractivity contribution in [3.05, 3.63) is 90.5 Å². The molecule has 1 spiro atoms.